The molecular formula is C12H11BrO2. The highest BCUT2D eigenvalue weighted by atomic mass is 79.9. The summed E-state index contributed by atoms with van der Waals surface area (Å²) in [6, 6.07) is 11.3. The van der Waals surface area contributed by atoms with Gasteiger partial charge in [0.05, 0.1) is 0 Å². The Kier molecular flexibility index (Phi) is 2.93. The number of hydrogen-bond donors (Lipinski definition) is 1. The smallest absolute Gasteiger partial charge is 0.169 e. The molecule has 1 aromatic heterocycles. The Morgan fingerprint density at radius 3 is 2.53 bits per heavy atom. The predicted octanol–water partition coefficient (Wildman–Crippen LogP) is 3.43. The monoisotopic (exact) mass is 266 g/mol. The highest BCUT2D eigenvalue weighted by Gasteiger charge is 2.15. The molecule has 1 unspecified atom stereocenters. The van der Waals surface area contributed by atoms with E-state index in [1.807, 2.05) is 31.2 Å². The second-order valence-corrected chi connectivity index (χ2v) is 4.18. The summed E-state index contributed by atoms with van der Waals surface area (Å²) in [5.41, 5.74) is 1.93. The number of furan rings is 1. The number of aliphatic hydroxyl groups is 1. The van der Waals surface area contributed by atoms with Gasteiger partial charge in [0.15, 0.2) is 4.67 Å². The van der Waals surface area contributed by atoms with Crippen LogP contribution in [0.25, 0.3) is 0 Å². The van der Waals surface area contributed by atoms with Crippen LogP contribution in [-0.2, 0) is 0 Å². The number of aliphatic hydroxyl groups excluding tert-OH is 1. The Hall–Kier alpha value is -1.06. The Labute approximate surface area is 96.7 Å². The van der Waals surface area contributed by atoms with Crippen LogP contribution in [0.4, 0.5) is 0 Å². The third-order valence-corrected chi connectivity index (χ3v) is 2.77. The van der Waals surface area contributed by atoms with E-state index in [1.165, 1.54) is 0 Å². The predicted molar refractivity (Wildman–Crippen MR) is 61.6 cm³/mol. The molecule has 15 heavy (non-hydrogen) atoms. The zero-order chi connectivity index (χ0) is 10.8. The first kappa shape index (κ1) is 10.5. The molecule has 1 atom stereocenters. The molecular weight excluding hydrogens is 256 g/mol. The van der Waals surface area contributed by atoms with Gasteiger partial charge in [-0.05, 0) is 46.1 Å². The van der Waals surface area contributed by atoms with Crippen molar-refractivity contribution >= 4 is 15.9 Å². The van der Waals surface area contributed by atoms with Crippen molar-refractivity contribution in [3.05, 3.63) is 58.0 Å². The van der Waals surface area contributed by atoms with Crippen LogP contribution < -0.4 is 0 Å². The van der Waals surface area contributed by atoms with Gasteiger partial charge < -0.3 is 9.52 Å². The third kappa shape index (κ3) is 2.13. The quantitative estimate of drug-likeness (QED) is 0.904. The van der Waals surface area contributed by atoms with Crippen molar-refractivity contribution in [3.63, 3.8) is 0 Å². The molecule has 2 nitrogen and oxygen atoms in total. The molecule has 0 saturated heterocycles. The fraction of sp³-hybridized carbons (Fsp3) is 0.167. The Bertz CT molecular complexity index is 462. The van der Waals surface area contributed by atoms with Gasteiger partial charge in [-0.15, -0.1) is 0 Å². The van der Waals surface area contributed by atoms with Gasteiger partial charge in [-0.25, -0.2) is 0 Å². The van der Waals surface area contributed by atoms with Gasteiger partial charge in [0, 0.05) is 0 Å². The number of hydrogen-bond acceptors (Lipinski definition) is 2. The zero-order valence-corrected chi connectivity index (χ0v) is 9.86. The molecule has 3 heteroatoms. The van der Waals surface area contributed by atoms with Crippen LogP contribution in [0.1, 0.15) is 23.0 Å². The molecule has 0 aliphatic heterocycles. The summed E-state index contributed by atoms with van der Waals surface area (Å²) >= 11 is 3.21. The fourth-order valence-corrected chi connectivity index (χ4v) is 1.84. The molecule has 0 aliphatic carbocycles. The van der Waals surface area contributed by atoms with Crippen molar-refractivity contribution in [2.75, 3.05) is 0 Å². The van der Waals surface area contributed by atoms with E-state index in [0.717, 1.165) is 11.1 Å². The minimum absolute atomic E-state index is 0.552. The van der Waals surface area contributed by atoms with Gasteiger partial charge in [-0.2, -0.15) is 0 Å². The van der Waals surface area contributed by atoms with E-state index in [-0.39, 0.29) is 0 Å². The lowest BCUT2D eigenvalue weighted by Crippen LogP contribution is -2.00. The molecule has 0 fully saturated rings. The molecule has 1 N–H and O–H groups in total. The maximum Gasteiger partial charge on any atom is 0.169 e. The van der Waals surface area contributed by atoms with Crippen LogP contribution >= 0.6 is 15.9 Å². The maximum absolute atomic E-state index is 10.1. The molecule has 0 spiro atoms. The lowest BCUT2D eigenvalue weighted by atomic mass is 10.0. The second kappa shape index (κ2) is 4.21. The summed E-state index contributed by atoms with van der Waals surface area (Å²) in [4.78, 5) is 0. The van der Waals surface area contributed by atoms with Crippen molar-refractivity contribution in [1.82, 2.24) is 0 Å². The van der Waals surface area contributed by atoms with Crippen LogP contribution in [0.5, 0.6) is 0 Å². The average Bonchev–Trinajstić information content (AvgIpc) is 2.65. The standard InChI is InChI=1S/C12H11BrO2/c1-8-4-2-3-5-9(8)12(14)10-6-7-11(13)15-10/h2-7,12,14H,1H3. The van der Waals surface area contributed by atoms with Crippen LogP contribution in [0.2, 0.25) is 0 Å². The third-order valence-electron chi connectivity index (χ3n) is 2.35. The van der Waals surface area contributed by atoms with Gasteiger partial charge in [0.25, 0.3) is 0 Å². The number of aryl methyl sites for hydroxylation is 1. The second-order valence-electron chi connectivity index (χ2n) is 3.40. The molecule has 1 aromatic carbocycles. The Morgan fingerprint density at radius 2 is 1.93 bits per heavy atom. The van der Waals surface area contributed by atoms with Crippen molar-refractivity contribution < 1.29 is 9.52 Å². The van der Waals surface area contributed by atoms with Crippen molar-refractivity contribution in [3.8, 4) is 0 Å². The summed E-state index contributed by atoms with van der Waals surface area (Å²) in [5, 5.41) is 10.1. The average molecular weight is 267 g/mol. The molecule has 78 valence electrons. The largest absolute Gasteiger partial charge is 0.451 e. The SMILES string of the molecule is Cc1ccccc1C(O)c1ccc(Br)o1. The van der Waals surface area contributed by atoms with E-state index in [2.05, 4.69) is 15.9 Å². The molecule has 1 heterocycles. The summed E-state index contributed by atoms with van der Waals surface area (Å²) in [5.74, 6) is 0.552. The minimum atomic E-state index is -0.697. The Morgan fingerprint density at radius 1 is 1.20 bits per heavy atom. The van der Waals surface area contributed by atoms with Gasteiger partial charge in [0.2, 0.25) is 0 Å². The van der Waals surface area contributed by atoms with E-state index in [4.69, 9.17) is 4.42 Å². The normalized spacial score (nSPS) is 12.7. The van der Waals surface area contributed by atoms with E-state index in [9.17, 15) is 5.11 Å². The molecule has 0 aliphatic rings. The first-order valence-corrected chi connectivity index (χ1v) is 5.46. The van der Waals surface area contributed by atoms with Crippen molar-refractivity contribution in [1.29, 1.82) is 0 Å². The van der Waals surface area contributed by atoms with Gasteiger partial charge in [-0.3, -0.25) is 0 Å². The van der Waals surface area contributed by atoms with Gasteiger partial charge >= 0.3 is 0 Å². The summed E-state index contributed by atoms with van der Waals surface area (Å²) in [6.45, 7) is 1.97. The summed E-state index contributed by atoms with van der Waals surface area (Å²) in [6.07, 6.45) is -0.697. The van der Waals surface area contributed by atoms with E-state index >= 15 is 0 Å². The molecule has 2 rings (SSSR count). The molecule has 0 bridgehead atoms. The summed E-state index contributed by atoms with van der Waals surface area (Å²) < 4.78 is 5.95. The first-order valence-electron chi connectivity index (χ1n) is 4.67. The molecule has 2 aromatic rings. The van der Waals surface area contributed by atoms with Crippen molar-refractivity contribution in [2.45, 2.75) is 13.0 Å². The highest BCUT2D eigenvalue weighted by molar-refractivity contribution is 9.10. The fourth-order valence-electron chi connectivity index (χ4n) is 1.52. The van der Waals surface area contributed by atoms with Crippen LogP contribution in [0.15, 0.2) is 45.5 Å². The first-order chi connectivity index (χ1) is 7.18. The van der Waals surface area contributed by atoms with E-state index in [1.54, 1.807) is 12.1 Å². The highest BCUT2D eigenvalue weighted by Crippen LogP contribution is 2.27. The lowest BCUT2D eigenvalue weighted by Gasteiger charge is -2.10. The Balaban J connectivity index is 2.36. The van der Waals surface area contributed by atoms with Crippen LogP contribution in [-0.4, -0.2) is 5.11 Å². The van der Waals surface area contributed by atoms with E-state index < -0.39 is 6.10 Å². The van der Waals surface area contributed by atoms with Crippen LogP contribution in [0.3, 0.4) is 0 Å². The minimum Gasteiger partial charge on any atom is -0.451 e. The molecule has 0 radical (unpaired) electrons. The van der Waals surface area contributed by atoms with Gasteiger partial charge in [0.1, 0.15) is 11.9 Å². The zero-order valence-electron chi connectivity index (χ0n) is 8.27. The molecule has 0 amide bonds. The lowest BCUT2D eigenvalue weighted by molar-refractivity contribution is 0.187. The van der Waals surface area contributed by atoms with Gasteiger partial charge in [-0.1, -0.05) is 24.3 Å². The number of benzene rings is 1. The number of rotatable bonds is 2. The summed E-state index contributed by atoms with van der Waals surface area (Å²) in [7, 11) is 0. The number of halogens is 1. The van der Waals surface area contributed by atoms with Crippen LogP contribution in [0, 0.1) is 6.92 Å². The maximum atomic E-state index is 10.1. The van der Waals surface area contributed by atoms with Crippen molar-refractivity contribution in [2.24, 2.45) is 0 Å². The molecule has 0 saturated carbocycles. The van der Waals surface area contributed by atoms with E-state index in [0.29, 0.717) is 10.4 Å². The topological polar surface area (TPSA) is 33.4 Å².